The van der Waals surface area contributed by atoms with Gasteiger partial charge in [0.2, 0.25) is 0 Å². The smallest absolute Gasteiger partial charge is 0.323 e. The molecule has 4 rings (SSSR count). The highest BCUT2D eigenvalue weighted by Gasteiger charge is 2.40. The molecule has 3 aromatic rings. The van der Waals surface area contributed by atoms with E-state index in [9.17, 15) is 9.59 Å². The number of aldehydes is 1. The van der Waals surface area contributed by atoms with Crippen LogP contribution < -0.4 is 14.8 Å². The Balaban J connectivity index is 1.67. The van der Waals surface area contributed by atoms with E-state index in [1.54, 1.807) is 21.3 Å². The van der Waals surface area contributed by atoms with Gasteiger partial charge in [-0.3, -0.25) is 9.69 Å². The Hall–Kier alpha value is -4.14. The molecule has 0 spiro atoms. The summed E-state index contributed by atoms with van der Waals surface area (Å²) in [4.78, 5) is 24.7. The molecule has 1 N–H and O–H groups in total. The highest BCUT2D eigenvalue weighted by atomic mass is 16.5. The van der Waals surface area contributed by atoms with Crippen molar-refractivity contribution in [2.45, 2.75) is 50.2 Å². The third-order valence-corrected chi connectivity index (χ3v) is 7.32. The van der Waals surface area contributed by atoms with E-state index in [0.29, 0.717) is 19.1 Å². The fourth-order valence-electron chi connectivity index (χ4n) is 5.36. The monoisotopic (exact) mass is 558 g/mol. The first kappa shape index (κ1) is 29.8. The van der Waals surface area contributed by atoms with Gasteiger partial charge in [0.25, 0.3) is 0 Å². The van der Waals surface area contributed by atoms with Crippen molar-refractivity contribution >= 4 is 12.3 Å². The summed E-state index contributed by atoms with van der Waals surface area (Å²) in [5, 5.41) is 2.61. The largest absolute Gasteiger partial charge is 0.497 e. The van der Waals surface area contributed by atoms with Crippen LogP contribution in [0.4, 0.5) is 4.79 Å². The van der Waals surface area contributed by atoms with Gasteiger partial charge in [-0.25, -0.2) is 4.79 Å². The zero-order valence-electron chi connectivity index (χ0n) is 24.0. The van der Waals surface area contributed by atoms with Gasteiger partial charge in [0.15, 0.2) is 0 Å². The summed E-state index contributed by atoms with van der Waals surface area (Å²) < 4.78 is 24.3. The molecule has 1 saturated heterocycles. The summed E-state index contributed by atoms with van der Waals surface area (Å²) in [6, 6.07) is 25.7. The number of amides is 2. The van der Waals surface area contributed by atoms with Crippen LogP contribution in [0.25, 0.3) is 0 Å². The zero-order valence-corrected chi connectivity index (χ0v) is 24.0. The van der Waals surface area contributed by atoms with Crippen molar-refractivity contribution in [2.75, 3.05) is 21.3 Å². The highest BCUT2D eigenvalue weighted by Crippen LogP contribution is 2.43. The third kappa shape index (κ3) is 6.78. The molecule has 0 aromatic heterocycles. The second-order valence-electron chi connectivity index (χ2n) is 9.90. The average molecular weight is 559 g/mol. The predicted molar refractivity (Wildman–Crippen MR) is 157 cm³/mol. The van der Waals surface area contributed by atoms with Crippen LogP contribution in [0.15, 0.2) is 91.1 Å². The maximum absolute atomic E-state index is 12.4. The Morgan fingerprint density at radius 2 is 1.51 bits per heavy atom. The number of methoxy groups -OCH3 is 2. The molecule has 0 radical (unpaired) electrons. The molecule has 2 amide bonds. The first-order chi connectivity index (χ1) is 19.9. The molecule has 1 aliphatic heterocycles. The Morgan fingerprint density at radius 3 is 2.02 bits per heavy atom. The number of allylic oxidation sites excluding steroid dienone is 1. The summed E-state index contributed by atoms with van der Waals surface area (Å²) in [5.41, 5.74) is 1.96. The summed E-state index contributed by atoms with van der Waals surface area (Å²) in [5.74, 6) is 1.52. The van der Waals surface area contributed by atoms with E-state index >= 15 is 0 Å². The Kier molecular flexibility index (Phi) is 10.2. The van der Waals surface area contributed by atoms with Gasteiger partial charge in [0.05, 0.1) is 26.4 Å². The molecule has 8 heteroatoms. The van der Waals surface area contributed by atoms with Crippen molar-refractivity contribution < 1.29 is 28.5 Å². The van der Waals surface area contributed by atoms with Crippen LogP contribution in [0.1, 0.15) is 42.9 Å². The number of rotatable bonds is 12. The predicted octanol–water partition coefficient (Wildman–Crippen LogP) is 5.65. The highest BCUT2D eigenvalue weighted by molar-refractivity contribution is 5.76. The van der Waals surface area contributed by atoms with Gasteiger partial charge in [0.1, 0.15) is 29.6 Å². The number of hydrogen-bond acceptors (Lipinski definition) is 6. The molecule has 41 heavy (non-hydrogen) atoms. The maximum Gasteiger partial charge on any atom is 0.323 e. The number of ether oxygens (including phenoxy) is 4. The molecule has 3 atom stereocenters. The van der Waals surface area contributed by atoms with E-state index in [1.165, 1.54) is 17.2 Å². The molecule has 3 aromatic carbocycles. The van der Waals surface area contributed by atoms with Gasteiger partial charge in [-0.15, -0.1) is 0 Å². The van der Waals surface area contributed by atoms with Gasteiger partial charge in [-0.05, 0) is 73.2 Å². The van der Waals surface area contributed by atoms with Gasteiger partial charge < -0.3 is 24.3 Å². The van der Waals surface area contributed by atoms with Crippen molar-refractivity contribution in [3.05, 3.63) is 108 Å². The average Bonchev–Trinajstić information content (AvgIpc) is 3.48. The van der Waals surface area contributed by atoms with Crippen molar-refractivity contribution in [3.63, 3.8) is 0 Å². The molecule has 0 bridgehead atoms. The van der Waals surface area contributed by atoms with Gasteiger partial charge in [-0.1, -0.05) is 54.6 Å². The van der Waals surface area contributed by atoms with Crippen LogP contribution in [0.3, 0.4) is 0 Å². The van der Waals surface area contributed by atoms with Crippen molar-refractivity contribution in [1.82, 2.24) is 10.2 Å². The number of urea groups is 1. The SMILES string of the molecule is CNC(=O)N(/C=C\C=O)C1CC[C@@H](CC(C)OC(c2ccccc2)(c2ccc(OC)cc2)c2ccc(OC)cc2)O1. The normalized spacial score (nSPS) is 17.7. The summed E-state index contributed by atoms with van der Waals surface area (Å²) in [6.07, 6.45) is 4.55. The molecule has 0 aliphatic carbocycles. The summed E-state index contributed by atoms with van der Waals surface area (Å²) in [7, 11) is 4.85. The summed E-state index contributed by atoms with van der Waals surface area (Å²) >= 11 is 0. The molecule has 1 fully saturated rings. The number of benzene rings is 3. The molecular formula is C33H38N2O6. The van der Waals surface area contributed by atoms with Crippen molar-refractivity contribution in [2.24, 2.45) is 0 Å². The van der Waals surface area contributed by atoms with Crippen LogP contribution in [0.5, 0.6) is 11.5 Å². The number of nitrogens with zero attached hydrogens (tertiary/aromatic N) is 1. The minimum absolute atomic E-state index is 0.132. The number of carbonyl (C=O) groups is 2. The Labute approximate surface area is 241 Å². The standard InChI is InChI=1S/C33H38N2O6/c1-24(23-30-19-20-31(40-30)35(21-8-22-36)32(37)34-2)41-33(25-9-6-5-7-10-25,26-11-15-28(38-3)16-12-26)27-13-17-29(39-4)18-14-27/h5-18,21-22,24,30-31H,19-20,23H2,1-4H3,(H,34,37)/b21-8-/t24?,30-,31?/m0/s1. The van der Waals surface area contributed by atoms with Crippen molar-refractivity contribution in [1.29, 1.82) is 0 Å². The fraction of sp³-hybridized carbons (Fsp3) is 0.333. The lowest BCUT2D eigenvalue weighted by Crippen LogP contribution is -2.42. The minimum atomic E-state index is -0.932. The number of nitrogens with one attached hydrogen (secondary N) is 1. The fourth-order valence-corrected chi connectivity index (χ4v) is 5.36. The number of hydrogen-bond donors (Lipinski definition) is 1. The summed E-state index contributed by atoms with van der Waals surface area (Å²) in [6.45, 7) is 2.05. The second-order valence-corrected chi connectivity index (χ2v) is 9.90. The van der Waals surface area contributed by atoms with E-state index in [0.717, 1.165) is 34.6 Å². The number of carbonyl (C=O) groups excluding carboxylic acids is 2. The van der Waals surface area contributed by atoms with Gasteiger partial charge >= 0.3 is 6.03 Å². The van der Waals surface area contributed by atoms with Crippen LogP contribution in [-0.4, -0.2) is 56.9 Å². The van der Waals surface area contributed by atoms with Gasteiger partial charge in [0, 0.05) is 13.2 Å². The van der Waals surface area contributed by atoms with Crippen LogP contribution in [-0.2, 0) is 19.9 Å². The van der Waals surface area contributed by atoms with E-state index < -0.39 is 11.8 Å². The lowest BCUT2D eigenvalue weighted by Gasteiger charge is -2.39. The van der Waals surface area contributed by atoms with Gasteiger partial charge in [-0.2, -0.15) is 0 Å². The van der Waals surface area contributed by atoms with Crippen LogP contribution >= 0.6 is 0 Å². The Bertz CT molecular complexity index is 1250. The van der Waals surface area contributed by atoms with Crippen molar-refractivity contribution in [3.8, 4) is 11.5 Å². The molecule has 2 unspecified atom stereocenters. The second kappa shape index (κ2) is 14.0. The lowest BCUT2D eigenvalue weighted by atomic mass is 9.79. The minimum Gasteiger partial charge on any atom is -0.497 e. The first-order valence-corrected chi connectivity index (χ1v) is 13.7. The molecule has 1 heterocycles. The molecule has 216 valence electrons. The van der Waals surface area contributed by atoms with E-state index in [1.807, 2.05) is 73.7 Å². The topological polar surface area (TPSA) is 86.3 Å². The quantitative estimate of drug-likeness (QED) is 0.176. The molecular weight excluding hydrogens is 520 g/mol. The van der Waals surface area contributed by atoms with Crippen LogP contribution in [0, 0.1) is 0 Å². The van der Waals surface area contributed by atoms with Crippen LogP contribution in [0.2, 0.25) is 0 Å². The zero-order chi connectivity index (χ0) is 29.2. The Morgan fingerprint density at radius 1 is 0.951 bits per heavy atom. The first-order valence-electron chi connectivity index (χ1n) is 13.7. The molecule has 8 nitrogen and oxygen atoms in total. The van der Waals surface area contributed by atoms with E-state index in [4.69, 9.17) is 18.9 Å². The maximum atomic E-state index is 12.4. The molecule has 1 aliphatic rings. The van der Waals surface area contributed by atoms with E-state index in [-0.39, 0.29) is 18.2 Å². The third-order valence-electron chi connectivity index (χ3n) is 7.32. The molecule has 0 saturated carbocycles. The lowest BCUT2D eigenvalue weighted by molar-refractivity contribution is -0.104. The van der Waals surface area contributed by atoms with E-state index in [2.05, 4.69) is 17.4 Å².